The zero-order valence-electron chi connectivity index (χ0n) is 19.0. The van der Waals surface area contributed by atoms with Crippen molar-refractivity contribution in [1.82, 2.24) is 0 Å². The van der Waals surface area contributed by atoms with Crippen molar-refractivity contribution in [3.8, 4) is 11.5 Å². The number of aliphatic carboxylic acids is 3. The van der Waals surface area contributed by atoms with E-state index in [1.54, 1.807) is 29.2 Å². The summed E-state index contributed by atoms with van der Waals surface area (Å²) in [4.78, 5) is 47.2. The molecule has 0 aliphatic rings. The summed E-state index contributed by atoms with van der Waals surface area (Å²) in [6, 6.07) is 11.3. The second-order valence-electron chi connectivity index (χ2n) is 7.16. The van der Waals surface area contributed by atoms with E-state index in [0.29, 0.717) is 30.1 Å². The van der Waals surface area contributed by atoms with Gasteiger partial charge in [-0.3, -0.25) is 19.2 Å². The Labute approximate surface area is 201 Å². The molecule has 0 unspecified atom stereocenters. The highest BCUT2D eigenvalue weighted by Crippen LogP contribution is 2.32. The van der Waals surface area contributed by atoms with Crippen LogP contribution >= 0.6 is 0 Å². The Morgan fingerprint density at radius 1 is 0.829 bits per heavy atom. The second kappa shape index (κ2) is 13.3. The van der Waals surface area contributed by atoms with Crippen LogP contribution < -0.4 is 24.6 Å². The van der Waals surface area contributed by atoms with Crippen LogP contribution in [0, 0.1) is 0 Å². The van der Waals surface area contributed by atoms with Gasteiger partial charge in [0.2, 0.25) is 6.41 Å². The summed E-state index contributed by atoms with van der Waals surface area (Å²) in [5, 5.41) is 30.0. The Morgan fingerprint density at radius 2 is 1.37 bits per heavy atom. The lowest BCUT2D eigenvalue weighted by Crippen LogP contribution is -2.34. The fraction of sp³-hybridized carbons (Fsp3) is 0.304. The van der Waals surface area contributed by atoms with Crippen molar-refractivity contribution in [1.29, 1.82) is 0 Å². The number of ether oxygens (including phenoxy) is 2. The molecule has 188 valence electrons. The molecule has 0 spiro atoms. The number of benzene rings is 2. The number of rotatable bonds is 16. The van der Waals surface area contributed by atoms with Gasteiger partial charge in [0.05, 0.1) is 11.4 Å². The molecule has 0 atom stereocenters. The van der Waals surface area contributed by atoms with Gasteiger partial charge >= 0.3 is 17.9 Å². The molecule has 1 amide bonds. The maximum atomic E-state index is 11.2. The molecule has 0 bridgehead atoms. The third-order valence-corrected chi connectivity index (χ3v) is 4.69. The van der Waals surface area contributed by atoms with Crippen molar-refractivity contribution in [3.05, 3.63) is 42.5 Å². The van der Waals surface area contributed by atoms with Gasteiger partial charge in [-0.15, -0.1) is 0 Å². The maximum Gasteiger partial charge on any atom is 0.323 e. The van der Waals surface area contributed by atoms with Crippen molar-refractivity contribution < 1.29 is 44.0 Å². The number of amides is 1. The van der Waals surface area contributed by atoms with E-state index in [0.717, 1.165) is 4.90 Å². The molecule has 0 saturated carbocycles. The molecule has 0 heterocycles. The fourth-order valence-electron chi connectivity index (χ4n) is 3.28. The highest BCUT2D eigenvalue weighted by Gasteiger charge is 2.19. The summed E-state index contributed by atoms with van der Waals surface area (Å²) in [5.41, 5.74) is 1.18. The first-order valence-electron chi connectivity index (χ1n) is 10.6. The number of anilines is 3. The first kappa shape index (κ1) is 26.8. The van der Waals surface area contributed by atoms with Gasteiger partial charge in [-0.25, -0.2) is 0 Å². The molecular weight excluding hydrogens is 462 g/mol. The standard InChI is InChI=1S/C23H27N3O9/c1-2-25(12-21(28)29)17-5-3-4-6-19(17)34-9-10-35-20-11-16(24-15-27)7-8-18(20)26(13-22(30)31)14-23(32)33/h3-8,11,15H,2,9-10,12-14H2,1H3,(H,24,27)(H,28,29)(H,30,31)(H,32,33). The van der Waals surface area contributed by atoms with Gasteiger partial charge in [-0.1, -0.05) is 12.1 Å². The largest absolute Gasteiger partial charge is 0.488 e. The minimum atomic E-state index is -1.23. The van der Waals surface area contributed by atoms with Crippen LogP contribution in [0.25, 0.3) is 0 Å². The van der Waals surface area contributed by atoms with E-state index >= 15 is 0 Å². The van der Waals surface area contributed by atoms with Gasteiger partial charge in [0.15, 0.2) is 0 Å². The number of likely N-dealkylation sites (N-methyl/N-ethyl adjacent to an activating group) is 1. The molecule has 0 radical (unpaired) electrons. The zero-order chi connectivity index (χ0) is 25.8. The van der Waals surface area contributed by atoms with Crippen LogP contribution in [0.15, 0.2) is 42.5 Å². The molecule has 0 saturated heterocycles. The summed E-state index contributed by atoms with van der Waals surface area (Å²) >= 11 is 0. The molecule has 35 heavy (non-hydrogen) atoms. The van der Waals surface area contributed by atoms with Crippen LogP contribution in [-0.2, 0) is 19.2 Å². The normalized spacial score (nSPS) is 10.2. The molecular formula is C23H27N3O9. The van der Waals surface area contributed by atoms with E-state index in [-0.39, 0.29) is 31.2 Å². The summed E-state index contributed by atoms with van der Waals surface area (Å²) in [6.45, 7) is 0.953. The summed E-state index contributed by atoms with van der Waals surface area (Å²) in [5.74, 6) is -2.83. The van der Waals surface area contributed by atoms with Crippen LogP contribution in [-0.4, -0.2) is 79.0 Å². The predicted octanol–water partition coefficient (Wildman–Crippen LogP) is 1.60. The molecule has 0 aliphatic heterocycles. The lowest BCUT2D eigenvalue weighted by Gasteiger charge is -2.25. The minimum absolute atomic E-state index is 0.00901. The first-order chi connectivity index (χ1) is 16.7. The van der Waals surface area contributed by atoms with Crippen LogP contribution in [0.1, 0.15) is 6.92 Å². The Balaban J connectivity index is 2.18. The van der Waals surface area contributed by atoms with Gasteiger partial charge in [-0.05, 0) is 31.2 Å². The van der Waals surface area contributed by atoms with Gasteiger partial charge in [-0.2, -0.15) is 0 Å². The van der Waals surface area contributed by atoms with Crippen LogP contribution in [0.5, 0.6) is 11.5 Å². The van der Waals surface area contributed by atoms with Crippen LogP contribution in [0.4, 0.5) is 17.1 Å². The number of nitrogens with one attached hydrogen (secondary N) is 1. The molecule has 2 rings (SSSR count). The van der Waals surface area contributed by atoms with E-state index in [1.165, 1.54) is 18.2 Å². The predicted molar refractivity (Wildman–Crippen MR) is 127 cm³/mol. The van der Waals surface area contributed by atoms with Crippen LogP contribution in [0.3, 0.4) is 0 Å². The minimum Gasteiger partial charge on any atom is -0.488 e. The van der Waals surface area contributed by atoms with Crippen LogP contribution in [0.2, 0.25) is 0 Å². The first-order valence-corrected chi connectivity index (χ1v) is 10.6. The van der Waals surface area contributed by atoms with E-state index < -0.39 is 31.0 Å². The summed E-state index contributed by atoms with van der Waals surface area (Å²) < 4.78 is 11.6. The number of para-hydroxylation sites is 2. The van der Waals surface area contributed by atoms with Gasteiger partial charge < -0.3 is 39.9 Å². The van der Waals surface area contributed by atoms with Crippen molar-refractivity contribution in [2.45, 2.75) is 6.92 Å². The lowest BCUT2D eigenvalue weighted by molar-refractivity contribution is -0.137. The molecule has 12 nitrogen and oxygen atoms in total. The maximum absolute atomic E-state index is 11.2. The average Bonchev–Trinajstić information content (AvgIpc) is 2.80. The molecule has 12 heteroatoms. The number of carboxylic acid groups (broad SMARTS) is 3. The van der Waals surface area contributed by atoms with E-state index in [4.69, 9.17) is 14.6 Å². The summed E-state index contributed by atoms with van der Waals surface area (Å²) in [7, 11) is 0. The third kappa shape index (κ3) is 8.42. The SMILES string of the molecule is CCN(CC(=O)O)c1ccccc1OCCOc1cc(NC=O)ccc1N(CC(=O)O)CC(=O)O. The van der Waals surface area contributed by atoms with Gasteiger partial charge in [0.1, 0.15) is 44.3 Å². The number of hydrogen-bond acceptors (Lipinski definition) is 8. The number of hydrogen-bond donors (Lipinski definition) is 4. The Hall–Kier alpha value is -4.48. The number of carbonyl (C=O) groups is 4. The second-order valence-corrected chi connectivity index (χ2v) is 7.16. The Bertz CT molecular complexity index is 1030. The highest BCUT2D eigenvalue weighted by atomic mass is 16.5. The molecule has 2 aromatic carbocycles. The Morgan fingerprint density at radius 3 is 1.94 bits per heavy atom. The number of nitrogens with zero attached hydrogens (tertiary/aromatic N) is 2. The lowest BCUT2D eigenvalue weighted by atomic mass is 10.2. The van der Waals surface area contributed by atoms with Crippen molar-refractivity contribution >= 4 is 41.4 Å². The monoisotopic (exact) mass is 489 g/mol. The van der Waals surface area contributed by atoms with E-state index in [9.17, 15) is 29.4 Å². The summed E-state index contributed by atoms with van der Waals surface area (Å²) in [6.07, 6.45) is 0.460. The van der Waals surface area contributed by atoms with E-state index in [1.807, 2.05) is 6.92 Å². The average molecular weight is 489 g/mol. The number of carboxylic acids is 3. The smallest absolute Gasteiger partial charge is 0.323 e. The molecule has 2 aromatic rings. The van der Waals surface area contributed by atoms with Crippen molar-refractivity contribution in [2.75, 3.05) is 54.5 Å². The third-order valence-electron chi connectivity index (χ3n) is 4.69. The van der Waals surface area contributed by atoms with Crippen molar-refractivity contribution in [3.63, 3.8) is 0 Å². The van der Waals surface area contributed by atoms with Gasteiger partial charge in [0, 0.05) is 18.3 Å². The Kier molecular flexibility index (Phi) is 10.2. The topological polar surface area (TPSA) is 166 Å². The quantitative estimate of drug-likeness (QED) is 0.200. The van der Waals surface area contributed by atoms with E-state index in [2.05, 4.69) is 5.32 Å². The zero-order valence-corrected chi connectivity index (χ0v) is 19.0. The fourth-order valence-corrected chi connectivity index (χ4v) is 3.28. The molecule has 0 aliphatic carbocycles. The highest BCUT2D eigenvalue weighted by molar-refractivity contribution is 5.82. The molecule has 0 fully saturated rings. The molecule has 4 N–H and O–H groups in total. The van der Waals surface area contributed by atoms with Crippen molar-refractivity contribution in [2.24, 2.45) is 0 Å². The number of carbonyl (C=O) groups excluding carboxylic acids is 1. The molecule has 0 aromatic heterocycles. The van der Waals surface area contributed by atoms with Gasteiger partial charge in [0.25, 0.3) is 0 Å².